The van der Waals surface area contributed by atoms with Crippen molar-refractivity contribution in [2.75, 3.05) is 13.2 Å². The molecule has 0 spiro atoms. The largest absolute Gasteiger partial charge is 0.486 e. The van der Waals surface area contributed by atoms with Crippen molar-refractivity contribution in [3.63, 3.8) is 0 Å². The van der Waals surface area contributed by atoms with Crippen molar-refractivity contribution < 1.29 is 9.47 Å². The third-order valence-corrected chi connectivity index (χ3v) is 3.76. The summed E-state index contributed by atoms with van der Waals surface area (Å²) in [6, 6.07) is 5.84. The molecule has 0 atom stereocenters. The van der Waals surface area contributed by atoms with Gasteiger partial charge < -0.3 is 9.47 Å². The maximum atomic E-state index is 5.52. The van der Waals surface area contributed by atoms with Crippen molar-refractivity contribution in [2.24, 2.45) is 0 Å². The van der Waals surface area contributed by atoms with Crippen molar-refractivity contribution in [3.05, 3.63) is 22.0 Å². The van der Waals surface area contributed by atoms with E-state index in [0.717, 1.165) is 25.9 Å². The Morgan fingerprint density at radius 1 is 1.19 bits per heavy atom. The van der Waals surface area contributed by atoms with E-state index in [9.17, 15) is 0 Å². The van der Waals surface area contributed by atoms with Gasteiger partial charge in [0.2, 0.25) is 3.83 Å². The first kappa shape index (κ1) is 10.3. The fourth-order valence-corrected chi connectivity index (χ4v) is 2.76. The van der Waals surface area contributed by atoms with E-state index in [1.807, 2.05) is 18.2 Å². The maximum absolute atomic E-state index is 5.52. The molecule has 0 aliphatic carbocycles. The second-order valence-corrected chi connectivity index (χ2v) is 4.94. The summed E-state index contributed by atoms with van der Waals surface area (Å²) in [6.45, 7) is 1.22. The zero-order valence-corrected chi connectivity index (χ0v) is 11.1. The van der Waals surface area contributed by atoms with Crippen LogP contribution in [0.1, 0.15) is 0 Å². The minimum atomic E-state index is 0.601. The molecule has 0 saturated heterocycles. The number of nitrogens with zero attached hydrogens (tertiary/aromatic N) is 2. The Labute approximate surface area is 110 Å². The van der Waals surface area contributed by atoms with E-state index in [2.05, 4.69) is 31.9 Å². The summed E-state index contributed by atoms with van der Waals surface area (Å²) in [4.78, 5) is 4.33. The number of fused-ring (bicyclic) bond motifs is 1. The molecule has 1 aliphatic heterocycles. The number of hydrogen-bond donors (Lipinski definition) is 0. The second kappa shape index (κ2) is 4.17. The molecule has 0 fully saturated rings. The second-order valence-electron chi connectivity index (χ2n) is 3.23. The molecular weight excluding hydrogens is 339 g/mol. The highest BCUT2D eigenvalue weighted by Gasteiger charge is 2.13. The molecule has 6 heteroatoms. The number of rotatable bonds is 1. The van der Waals surface area contributed by atoms with Gasteiger partial charge >= 0.3 is 0 Å². The molecule has 4 nitrogen and oxygen atoms in total. The van der Waals surface area contributed by atoms with Gasteiger partial charge in [-0.15, -0.1) is 0 Å². The molecule has 0 saturated carbocycles. The van der Waals surface area contributed by atoms with E-state index in [1.165, 1.54) is 11.5 Å². The standard InChI is InChI=1S/C10H7IN2O2S/c11-10-12-9(16-13-10)6-1-2-7-8(5-6)15-4-3-14-7/h1-2,5H,3-4H2. The van der Waals surface area contributed by atoms with E-state index in [1.54, 1.807) is 0 Å². The molecule has 0 bridgehead atoms. The average molecular weight is 346 g/mol. The molecule has 0 amide bonds. The molecule has 2 heterocycles. The van der Waals surface area contributed by atoms with Crippen LogP contribution in [0, 0.1) is 3.83 Å². The summed E-state index contributed by atoms with van der Waals surface area (Å²) in [5, 5.41) is 0.904. The highest BCUT2D eigenvalue weighted by atomic mass is 127. The lowest BCUT2D eigenvalue weighted by Gasteiger charge is -2.18. The van der Waals surface area contributed by atoms with E-state index < -0.39 is 0 Å². The van der Waals surface area contributed by atoms with Gasteiger partial charge in [0.05, 0.1) is 0 Å². The minimum absolute atomic E-state index is 0.601. The number of halogens is 1. The maximum Gasteiger partial charge on any atom is 0.203 e. The van der Waals surface area contributed by atoms with Gasteiger partial charge in [-0.25, -0.2) is 4.98 Å². The molecule has 1 aliphatic rings. The first-order valence-electron chi connectivity index (χ1n) is 4.72. The van der Waals surface area contributed by atoms with Crippen LogP contribution in [0.3, 0.4) is 0 Å². The first-order valence-corrected chi connectivity index (χ1v) is 6.57. The smallest absolute Gasteiger partial charge is 0.203 e. The van der Waals surface area contributed by atoms with Gasteiger partial charge in [-0.05, 0) is 29.7 Å². The van der Waals surface area contributed by atoms with E-state index in [4.69, 9.17) is 9.47 Å². The summed E-state index contributed by atoms with van der Waals surface area (Å²) < 4.78 is 15.9. The van der Waals surface area contributed by atoms with Crippen molar-refractivity contribution in [1.82, 2.24) is 9.36 Å². The lowest BCUT2D eigenvalue weighted by atomic mass is 10.2. The summed E-state index contributed by atoms with van der Waals surface area (Å²) in [7, 11) is 0. The fraction of sp³-hybridized carbons (Fsp3) is 0.200. The van der Waals surface area contributed by atoms with Crippen LogP contribution in [0.5, 0.6) is 11.5 Å². The molecule has 0 unspecified atom stereocenters. The lowest BCUT2D eigenvalue weighted by molar-refractivity contribution is 0.171. The zero-order chi connectivity index (χ0) is 11.0. The third-order valence-electron chi connectivity index (χ3n) is 2.19. The molecule has 16 heavy (non-hydrogen) atoms. The molecule has 0 N–H and O–H groups in total. The van der Waals surface area contributed by atoms with Crippen LogP contribution < -0.4 is 9.47 Å². The van der Waals surface area contributed by atoms with E-state index >= 15 is 0 Å². The Bertz CT molecular complexity index is 529. The van der Waals surface area contributed by atoms with Crippen LogP contribution in [0.4, 0.5) is 0 Å². The van der Waals surface area contributed by atoms with Crippen LogP contribution in [0.15, 0.2) is 18.2 Å². The predicted molar refractivity (Wildman–Crippen MR) is 69.1 cm³/mol. The fourth-order valence-electron chi connectivity index (χ4n) is 1.50. The Balaban J connectivity index is 2.02. The molecule has 3 rings (SSSR count). The highest BCUT2D eigenvalue weighted by molar-refractivity contribution is 14.1. The molecule has 1 aromatic heterocycles. The quantitative estimate of drug-likeness (QED) is 0.745. The number of ether oxygens (including phenoxy) is 2. The van der Waals surface area contributed by atoms with Crippen molar-refractivity contribution in [1.29, 1.82) is 0 Å². The number of aromatic nitrogens is 2. The van der Waals surface area contributed by atoms with Crippen LogP contribution in [-0.2, 0) is 0 Å². The molecule has 2 aromatic rings. The SMILES string of the molecule is Ic1nsc(-c2ccc3c(c2)OCCO3)n1. The van der Waals surface area contributed by atoms with Crippen LogP contribution >= 0.6 is 34.1 Å². The summed E-state index contributed by atoms with van der Waals surface area (Å²) in [5.41, 5.74) is 1.02. The Hall–Kier alpha value is -0.890. The van der Waals surface area contributed by atoms with Crippen molar-refractivity contribution in [2.45, 2.75) is 0 Å². The minimum Gasteiger partial charge on any atom is -0.486 e. The van der Waals surface area contributed by atoms with Crippen LogP contribution in [-0.4, -0.2) is 22.6 Å². The van der Waals surface area contributed by atoms with Crippen molar-refractivity contribution >= 4 is 34.1 Å². The first-order chi connectivity index (χ1) is 7.83. The third kappa shape index (κ3) is 1.86. The molecule has 82 valence electrons. The lowest BCUT2D eigenvalue weighted by Crippen LogP contribution is -2.15. The predicted octanol–water partition coefficient (Wildman–Crippen LogP) is 2.58. The zero-order valence-electron chi connectivity index (χ0n) is 8.14. The Kier molecular flexibility index (Phi) is 2.68. The molecule has 0 radical (unpaired) electrons. The highest BCUT2D eigenvalue weighted by Crippen LogP contribution is 2.34. The molecular formula is C10H7IN2O2S. The van der Waals surface area contributed by atoms with Crippen molar-refractivity contribution in [3.8, 4) is 22.1 Å². The van der Waals surface area contributed by atoms with Gasteiger partial charge in [0, 0.05) is 28.2 Å². The van der Waals surface area contributed by atoms with Gasteiger partial charge in [-0.2, -0.15) is 4.37 Å². The topological polar surface area (TPSA) is 44.2 Å². The Morgan fingerprint density at radius 2 is 2.00 bits per heavy atom. The number of benzene rings is 1. The normalized spacial score (nSPS) is 13.8. The van der Waals surface area contributed by atoms with Gasteiger partial charge in [0.25, 0.3) is 0 Å². The van der Waals surface area contributed by atoms with E-state index in [0.29, 0.717) is 13.2 Å². The average Bonchev–Trinajstić information content (AvgIpc) is 2.75. The van der Waals surface area contributed by atoms with Crippen LogP contribution in [0.2, 0.25) is 0 Å². The van der Waals surface area contributed by atoms with Gasteiger partial charge in [0.15, 0.2) is 11.5 Å². The summed E-state index contributed by atoms with van der Waals surface area (Å²) in [5.74, 6) is 1.59. The summed E-state index contributed by atoms with van der Waals surface area (Å²) in [6.07, 6.45) is 0. The molecule has 1 aromatic carbocycles. The van der Waals surface area contributed by atoms with Crippen LogP contribution in [0.25, 0.3) is 10.6 Å². The summed E-state index contributed by atoms with van der Waals surface area (Å²) >= 11 is 3.49. The van der Waals surface area contributed by atoms with Gasteiger partial charge in [0.1, 0.15) is 18.2 Å². The van der Waals surface area contributed by atoms with Gasteiger partial charge in [-0.3, -0.25) is 0 Å². The Morgan fingerprint density at radius 3 is 2.75 bits per heavy atom. The number of hydrogen-bond acceptors (Lipinski definition) is 5. The monoisotopic (exact) mass is 346 g/mol. The van der Waals surface area contributed by atoms with Gasteiger partial charge in [-0.1, -0.05) is 0 Å². The van der Waals surface area contributed by atoms with E-state index in [-0.39, 0.29) is 0 Å².